The van der Waals surface area contributed by atoms with Crippen molar-refractivity contribution >= 4 is 0 Å². The third-order valence-electron chi connectivity index (χ3n) is 4.38. The van der Waals surface area contributed by atoms with E-state index < -0.39 is 5.60 Å². The number of aliphatic hydroxyl groups is 1. The fourth-order valence-corrected chi connectivity index (χ4v) is 2.67. The molecule has 0 aliphatic carbocycles. The van der Waals surface area contributed by atoms with Gasteiger partial charge in [0.2, 0.25) is 0 Å². The summed E-state index contributed by atoms with van der Waals surface area (Å²) in [7, 11) is 0. The Morgan fingerprint density at radius 2 is 2.00 bits per heavy atom. The molecular weight excluding hydrogens is 236 g/mol. The largest absolute Gasteiger partial charge is 0.389 e. The monoisotopic (exact) mass is 270 g/mol. The van der Waals surface area contributed by atoms with Crippen LogP contribution in [0.1, 0.15) is 47.5 Å². The zero-order chi connectivity index (χ0) is 14.5. The van der Waals surface area contributed by atoms with Crippen LogP contribution in [0.5, 0.6) is 0 Å². The molecule has 0 amide bonds. The molecule has 0 aromatic heterocycles. The fraction of sp³-hybridized carbons (Fsp3) is 1.00. The summed E-state index contributed by atoms with van der Waals surface area (Å²) in [5.74, 6) is 1.78. The lowest BCUT2D eigenvalue weighted by atomic mass is 9.90. The average Bonchev–Trinajstić information content (AvgIpc) is 2.28. The Morgan fingerprint density at radius 1 is 1.32 bits per heavy atom. The molecule has 19 heavy (non-hydrogen) atoms. The highest BCUT2D eigenvalue weighted by molar-refractivity contribution is 4.84. The van der Waals surface area contributed by atoms with Crippen molar-refractivity contribution in [3.63, 3.8) is 0 Å². The highest BCUT2D eigenvalue weighted by Crippen LogP contribution is 2.22. The summed E-state index contributed by atoms with van der Waals surface area (Å²) in [6, 6.07) is 0. The number of hydrogen-bond donors (Lipinski definition) is 2. The van der Waals surface area contributed by atoms with Gasteiger partial charge >= 0.3 is 0 Å². The van der Waals surface area contributed by atoms with Crippen molar-refractivity contribution in [2.75, 3.05) is 32.7 Å². The Kier molecular flexibility index (Phi) is 6.78. The second-order valence-corrected chi connectivity index (χ2v) is 7.31. The van der Waals surface area contributed by atoms with E-state index in [1.54, 1.807) is 0 Å². The maximum Gasteiger partial charge on any atom is 0.0768 e. The number of piperidine rings is 1. The second-order valence-electron chi connectivity index (χ2n) is 7.31. The van der Waals surface area contributed by atoms with E-state index in [1.165, 1.54) is 12.8 Å². The maximum atomic E-state index is 10.4. The van der Waals surface area contributed by atoms with Crippen LogP contribution in [0.2, 0.25) is 0 Å². The summed E-state index contributed by atoms with van der Waals surface area (Å²) in [5, 5.41) is 14.0. The van der Waals surface area contributed by atoms with Crippen molar-refractivity contribution in [3.8, 4) is 0 Å². The molecule has 0 spiro atoms. The smallest absolute Gasteiger partial charge is 0.0768 e. The highest BCUT2D eigenvalue weighted by Gasteiger charge is 2.30. The van der Waals surface area contributed by atoms with Crippen LogP contribution in [0.15, 0.2) is 0 Å². The highest BCUT2D eigenvalue weighted by atomic mass is 16.3. The fourth-order valence-electron chi connectivity index (χ4n) is 2.67. The van der Waals surface area contributed by atoms with Gasteiger partial charge in [-0.1, -0.05) is 27.7 Å². The summed E-state index contributed by atoms with van der Waals surface area (Å²) in [6.45, 7) is 16.0. The first-order chi connectivity index (χ1) is 8.81. The van der Waals surface area contributed by atoms with Gasteiger partial charge in [0, 0.05) is 13.1 Å². The van der Waals surface area contributed by atoms with E-state index in [9.17, 15) is 5.11 Å². The van der Waals surface area contributed by atoms with Crippen molar-refractivity contribution in [1.29, 1.82) is 0 Å². The van der Waals surface area contributed by atoms with Gasteiger partial charge in [-0.3, -0.25) is 0 Å². The van der Waals surface area contributed by atoms with E-state index in [-0.39, 0.29) is 0 Å². The summed E-state index contributed by atoms with van der Waals surface area (Å²) >= 11 is 0. The van der Waals surface area contributed by atoms with Crippen molar-refractivity contribution in [1.82, 2.24) is 10.2 Å². The van der Waals surface area contributed by atoms with E-state index in [4.69, 9.17) is 0 Å². The van der Waals surface area contributed by atoms with Crippen molar-refractivity contribution < 1.29 is 5.11 Å². The first-order valence-corrected chi connectivity index (χ1v) is 7.96. The van der Waals surface area contributed by atoms with Crippen LogP contribution in [0.4, 0.5) is 0 Å². The molecule has 2 N–H and O–H groups in total. The van der Waals surface area contributed by atoms with Crippen LogP contribution in [0.3, 0.4) is 0 Å². The predicted molar refractivity (Wildman–Crippen MR) is 82.3 cm³/mol. The number of nitrogens with zero attached hydrogens (tertiary/aromatic N) is 1. The van der Waals surface area contributed by atoms with Crippen LogP contribution in [0.25, 0.3) is 0 Å². The molecule has 2 unspecified atom stereocenters. The number of hydrogen-bond acceptors (Lipinski definition) is 3. The molecule has 1 fully saturated rings. The maximum absolute atomic E-state index is 10.4. The second kappa shape index (κ2) is 7.61. The molecule has 0 aromatic carbocycles. The molecule has 0 aromatic rings. The van der Waals surface area contributed by atoms with E-state index in [0.717, 1.165) is 44.6 Å². The summed E-state index contributed by atoms with van der Waals surface area (Å²) in [5.41, 5.74) is -0.562. The molecule has 3 nitrogen and oxygen atoms in total. The lowest BCUT2D eigenvalue weighted by Crippen LogP contribution is -2.49. The first kappa shape index (κ1) is 16.9. The minimum Gasteiger partial charge on any atom is -0.389 e. The number of rotatable bonds is 7. The molecule has 1 aliphatic rings. The average molecular weight is 270 g/mol. The van der Waals surface area contributed by atoms with Crippen molar-refractivity contribution in [3.05, 3.63) is 0 Å². The van der Waals surface area contributed by atoms with Gasteiger partial charge in [0.05, 0.1) is 5.60 Å². The SMILES string of the molecule is CC(C)CNCC1CCCN(CC(C)(O)C(C)C)C1. The third-order valence-corrected chi connectivity index (χ3v) is 4.38. The standard InChI is InChI=1S/C16H34N2O/c1-13(2)9-17-10-15-7-6-8-18(11-15)12-16(5,19)14(3)4/h13-15,17,19H,6-12H2,1-5H3. The summed E-state index contributed by atoms with van der Waals surface area (Å²) in [4.78, 5) is 2.45. The Balaban J connectivity index is 2.33. The van der Waals surface area contributed by atoms with Gasteiger partial charge in [-0.05, 0) is 57.2 Å². The van der Waals surface area contributed by atoms with Gasteiger partial charge in [-0.15, -0.1) is 0 Å². The van der Waals surface area contributed by atoms with Crippen molar-refractivity contribution in [2.45, 2.75) is 53.1 Å². The molecule has 2 atom stereocenters. The van der Waals surface area contributed by atoms with Gasteiger partial charge < -0.3 is 15.3 Å². The molecule has 1 saturated heterocycles. The molecule has 1 rings (SSSR count). The Morgan fingerprint density at radius 3 is 2.58 bits per heavy atom. The van der Waals surface area contributed by atoms with Crippen LogP contribution >= 0.6 is 0 Å². The van der Waals surface area contributed by atoms with Crippen LogP contribution < -0.4 is 5.32 Å². The third kappa shape index (κ3) is 6.24. The topological polar surface area (TPSA) is 35.5 Å². The van der Waals surface area contributed by atoms with Gasteiger partial charge in [-0.25, -0.2) is 0 Å². The van der Waals surface area contributed by atoms with Crippen molar-refractivity contribution in [2.24, 2.45) is 17.8 Å². The first-order valence-electron chi connectivity index (χ1n) is 7.96. The Labute approximate surface area is 119 Å². The van der Waals surface area contributed by atoms with Gasteiger partial charge in [0.15, 0.2) is 0 Å². The predicted octanol–water partition coefficient (Wildman–Crippen LogP) is 2.35. The summed E-state index contributed by atoms with van der Waals surface area (Å²) < 4.78 is 0. The minimum absolute atomic E-state index is 0.312. The lowest BCUT2D eigenvalue weighted by molar-refractivity contribution is -0.0276. The Hall–Kier alpha value is -0.120. The zero-order valence-corrected chi connectivity index (χ0v) is 13.6. The molecule has 1 heterocycles. The van der Waals surface area contributed by atoms with E-state index in [2.05, 4.69) is 37.9 Å². The quantitative estimate of drug-likeness (QED) is 0.745. The van der Waals surface area contributed by atoms with E-state index in [1.807, 2.05) is 6.92 Å². The van der Waals surface area contributed by atoms with Gasteiger partial charge in [0.1, 0.15) is 0 Å². The molecule has 114 valence electrons. The van der Waals surface area contributed by atoms with Gasteiger partial charge in [-0.2, -0.15) is 0 Å². The number of likely N-dealkylation sites (tertiary alicyclic amines) is 1. The zero-order valence-electron chi connectivity index (χ0n) is 13.6. The van der Waals surface area contributed by atoms with Gasteiger partial charge in [0.25, 0.3) is 0 Å². The molecular formula is C16H34N2O. The molecule has 0 bridgehead atoms. The molecule has 3 heteroatoms. The van der Waals surface area contributed by atoms with Crippen LogP contribution in [0, 0.1) is 17.8 Å². The normalized spacial score (nSPS) is 24.9. The van der Waals surface area contributed by atoms with Crippen LogP contribution in [-0.4, -0.2) is 48.3 Å². The summed E-state index contributed by atoms with van der Waals surface area (Å²) in [6.07, 6.45) is 2.59. The minimum atomic E-state index is -0.562. The molecule has 0 radical (unpaired) electrons. The van der Waals surface area contributed by atoms with E-state index in [0.29, 0.717) is 5.92 Å². The number of β-amino-alcohol motifs (C(OH)–C–C–N with tert-alkyl or cyclic N) is 1. The van der Waals surface area contributed by atoms with E-state index >= 15 is 0 Å². The Bertz CT molecular complexity index is 251. The molecule has 1 aliphatic heterocycles. The lowest BCUT2D eigenvalue weighted by Gasteiger charge is -2.39. The van der Waals surface area contributed by atoms with Crippen LogP contribution in [-0.2, 0) is 0 Å². The molecule has 0 saturated carbocycles. The number of nitrogens with one attached hydrogen (secondary N) is 1.